The van der Waals surface area contributed by atoms with Crippen molar-refractivity contribution in [2.24, 2.45) is 0 Å². The highest BCUT2D eigenvalue weighted by Crippen LogP contribution is 2.34. The van der Waals surface area contributed by atoms with Crippen LogP contribution in [0.15, 0.2) is 24.8 Å². The molecule has 0 aliphatic carbocycles. The van der Waals surface area contributed by atoms with Gasteiger partial charge in [0, 0.05) is 12.6 Å². The van der Waals surface area contributed by atoms with E-state index < -0.39 is 4.92 Å². The molecule has 0 unspecified atom stereocenters. The van der Waals surface area contributed by atoms with Crippen LogP contribution in [0.4, 0.5) is 17.1 Å². The molecule has 0 aliphatic heterocycles. The van der Waals surface area contributed by atoms with Crippen LogP contribution in [-0.4, -0.2) is 16.6 Å². The van der Waals surface area contributed by atoms with Crippen LogP contribution in [-0.2, 0) is 0 Å². The Hall–Kier alpha value is -2.24. The highest BCUT2D eigenvalue weighted by Gasteiger charge is 2.13. The minimum atomic E-state index is -0.618. The van der Waals surface area contributed by atoms with Gasteiger partial charge < -0.3 is 16.2 Å². The number of hydrogen-bond acceptors (Lipinski definition) is 5. The minimum Gasteiger partial charge on any atom is -0.505 e. The second kappa shape index (κ2) is 4.32. The van der Waals surface area contributed by atoms with Crippen molar-refractivity contribution in [3.05, 3.63) is 34.9 Å². The summed E-state index contributed by atoms with van der Waals surface area (Å²) in [5.74, 6) is -0.247. The van der Waals surface area contributed by atoms with Crippen LogP contribution < -0.4 is 11.1 Å². The molecule has 1 rings (SSSR count). The summed E-state index contributed by atoms with van der Waals surface area (Å²) in [6, 6.07) is 2.23. The van der Waals surface area contributed by atoms with Gasteiger partial charge in [0.05, 0.1) is 16.7 Å². The number of nitro benzene ring substituents is 1. The zero-order valence-electron chi connectivity index (χ0n) is 7.93. The third-order valence-corrected chi connectivity index (χ3v) is 1.77. The lowest BCUT2D eigenvalue weighted by atomic mass is 10.2. The molecule has 0 radical (unpaired) electrons. The van der Waals surface area contributed by atoms with Crippen molar-refractivity contribution in [3.8, 4) is 5.75 Å². The van der Waals surface area contributed by atoms with Crippen LogP contribution in [0.1, 0.15) is 0 Å². The molecule has 0 spiro atoms. The van der Waals surface area contributed by atoms with Crippen molar-refractivity contribution in [1.29, 1.82) is 0 Å². The molecule has 0 fully saturated rings. The van der Waals surface area contributed by atoms with Crippen molar-refractivity contribution >= 4 is 17.1 Å². The summed E-state index contributed by atoms with van der Waals surface area (Å²) in [6.07, 6.45) is 1.58. The van der Waals surface area contributed by atoms with Crippen LogP contribution in [0.25, 0.3) is 0 Å². The molecule has 6 nitrogen and oxygen atoms in total. The quantitative estimate of drug-likeness (QED) is 0.229. The number of nitrogens with zero attached hydrogens (tertiary/aromatic N) is 1. The molecule has 0 amide bonds. The predicted octanol–water partition coefficient (Wildman–Crippen LogP) is 1.48. The first-order valence-corrected chi connectivity index (χ1v) is 4.18. The second-order valence-electron chi connectivity index (χ2n) is 2.86. The van der Waals surface area contributed by atoms with Crippen LogP contribution in [0.3, 0.4) is 0 Å². The lowest BCUT2D eigenvalue weighted by Gasteiger charge is -2.08. The lowest BCUT2D eigenvalue weighted by molar-refractivity contribution is -0.384. The number of benzene rings is 1. The van der Waals surface area contributed by atoms with E-state index in [-0.39, 0.29) is 22.8 Å². The molecular formula is C9H11N3O3. The third kappa shape index (κ3) is 2.37. The summed E-state index contributed by atoms with van der Waals surface area (Å²) in [6.45, 7) is 3.90. The Morgan fingerprint density at radius 1 is 1.67 bits per heavy atom. The number of phenols is 1. The molecule has 4 N–H and O–H groups in total. The number of anilines is 2. The summed E-state index contributed by atoms with van der Waals surface area (Å²) in [5.41, 5.74) is 5.70. The van der Waals surface area contributed by atoms with E-state index in [2.05, 4.69) is 11.9 Å². The monoisotopic (exact) mass is 209 g/mol. The van der Waals surface area contributed by atoms with Crippen LogP contribution in [0, 0.1) is 10.1 Å². The van der Waals surface area contributed by atoms with Gasteiger partial charge >= 0.3 is 0 Å². The zero-order valence-corrected chi connectivity index (χ0v) is 7.93. The van der Waals surface area contributed by atoms with Gasteiger partial charge in [-0.3, -0.25) is 10.1 Å². The molecule has 0 aliphatic rings. The largest absolute Gasteiger partial charge is 0.505 e. The fourth-order valence-corrected chi connectivity index (χ4v) is 1.11. The number of hydrogen-bond donors (Lipinski definition) is 3. The van der Waals surface area contributed by atoms with E-state index in [9.17, 15) is 15.2 Å². The maximum atomic E-state index is 10.4. The number of nitrogens with two attached hydrogens (primary N) is 1. The van der Waals surface area contributed by atoms with Crippen LogP contribution in [0.5, 0.6) is 5.75 Å². The number of aromatic hydroxyl groups is 1. The Balaban J connectivity index is 3.09. The van der Waals surface area contributed by atoms with Crippen LogP contribution in [0.2, 0.25) is 0 Å². The zero-order chi connectivity index (χ0) is 11.4. The number of non-ortho nitro benzene ring substituents is 1. The Kier molecular flexibility index (Phi) is 3.12. The van der Waals surface area contributed by atoms with E-state index in [1.807, 2.05) is 0 Å². The predicted molar refractivity (Wildman–Crippen MR) is 57.9 cm³/mol. The number of nitrogen functional groups attached to an aromatic ring is 1. The Bertz CT molecular complexity index is 381. The van der Waals surface area contributed by atoms with Crippen molar-refractivity contribution in [2.45, 2.75) is 0 Å². The topological polar surface area (TPSA) is 101 Å². The molecule has 80 valence electrons. The Labute approximate surface area is 86.2 Å². The van der Waals surface area contributed by atoms with Gasteiger partial charge in [-0.05, 0) is 0 Å². The molecule has 0 saturated carbocycles. The van der Waals surface area contributed by atoms with Crippen molar-refractivity contribution < 1.29 is 10.0 Å². The summed E-state index contributed by atoms with van der Waals surface area (Å²) in [4.78, 5) is 9.82. The van der Waals surface area contributed by atoms with Gasteiger partial charge in [-0.25, -0.2) is 0 Å². The first kappa shape index (κ1) is 10.8. The molecule has 0 saturated heterocycles. The molecule has 1 aromatic rings. The van der Waals surface area contributed by atoms with Gasteiger partial charge in [-0.2, -0.15) is 0 Å². The summed E-state index contributed by atoms with van der Waals surface area (Å²) >= 11 is 0. The fraction of sp³-hybridized carbons (Fsp3) is 0.111. The third-order valence-electron chi connectivity index (χ3n) is 1.77. The normalized spacial score (nSPS) is 9.60. The molecule has 0 aromatic heterocycles. The van der Waals surface area contributed by atoms with Gasteiger partial charge in [0.25, 0.3) is 5.69 Å². The molecule has 1 aromatic carbocycles. The van der Waals surface area contributed by atoms with Gasteiger partial charge in [-0.15, -0.1) is 6.58 Å². The molecule has 0 atom stereocenters. The van der Waals surface area contributed by atoms with E-state index in [4.69, 9.17) is 5.73 Å². The summed E-state index contributed by atoms with van der Waals surface area (Å²) in [7, 11) is 0. The van der Waals surface area contributed by atoms with E-state index in [1.165, 1.54) is 6.07 Å². The number of phenolic OH excluding ortho intramolecular Hbond substituents is 1. The average molecular weight is 209 g/mol. The molecule has 0 bridgehead atoms. The van der Waals surface area contributed by atoms with Crippen molar-refractivity contribution in [3.63, 3.8) is 0 Å². The van der Waals surface area contributed by atoms with Crippen molar-refractivity contribution in [1.82, 2.24) is 0 Å². The SMILES string of the molecule is C=CCNc1c(N)cc([N+](=O)[O-])cc1O. The van der Waals surface area contributed by atoms with Gasteiger partial charge in [0.1, 0.15) is 11.4 Å². The summed E-state index contributed by atoms with van der Waals surface area (Å²) in [5, 5.41) is 22.7. The fourth-order valence-electron chi connectivity index (χ4n) is 1.11. The standard InChI is InChI=1S/C9H11N3O3/c1-2-3-11-9-7(10)4-6(12(14)15)5-8(9)13/h2,4-5,11,13H,1,3,10H2. The second-order valence-corrected chi connectivity index (χ2v) is 2.86. The highest BCUT2D eigenvalue weighted by atomic mass is 16.6. The molecule has 15 heavy (non-hydrogen) atoms. The number of nitrogens with one attached hydrogen (secondary N) is 1. The smallest absolute Gasteiger partial charge is 0.275 e. The maximum absolute atomic E-state index is 10.4. The number of rotatable bonds is 4. The molecule has 6 heteroatoms. The lowest BCUT2D eigenvalue weighted by Crippen LogP contribution is -2.02. The first-order chi connectivity index (χ1) is 7.06. The van der Waals surface area contributed by atoms with E-state index >= 15 is 0 Å². The van der Waals surface area contributed by atoms with E-state index in [0.717, 1.165) is 6.07 Å². The summed E-state index contributed by atoms with van der Waals surface area (Å²) < 4.78 is 0. The van der Waals surface area contributed by atoms with E-state index in [0.29, 0.717) is 6.54 Å². The maximum Gasteiger partial charge on any atom is 0.275 e. The highest BCUT2D eigenvalue weighted by molar-refractivity contribution is 5.76. The number of nitro groups is 1. The van der Waals surface area contributed by atoms with E-state index in [1.54, 1.807) is 6.08 Å². The Morgan fingerprint density at radius 3 is 2.80 bits per heavy atom. The van der Waals surface area contributed by atoms with Gasteiger partial charge in [0.15, 0.2) is 0 Å². The molecular weight excluding hydrogens is 198 g/mol. The Morgan fingerprint density at radius 2 is 2.33 bits per heavy atom. The van der Waals surface area contributed by atoms with Crippen molar-refractivity contribution in [2.75, 3.05) is 17.6 Å². The van der Waals surface area contributed by atoms with Gasteiger partial charge in [0.2, 0.25) is 0 Å². The van der Waals surface area contributed by atoms with Crippen LogP contribution >= 0.6 is 0 Å². The first-order valence-electron chi connectivity index (χ1n) is 4.18. The minimum absolute atomic E-state index is 0.128. The molecule has 0 heterocycles. The van der Waals surface area contributed by atoms with Gasteiger partial charge in [-0.1, -0.05) is 6.08 Å². The average Bonchev–Trinajstić information content (AvgIpc) is 2.16.